The third kappa shape index (κ3) is 4.11. The van der Waals surface area contributed by atoms with Crippen molar-refractivity contribution in [2.24, 2.45) is 0 Å². The first-order chi connectivity index (χ1) is 12.9. The van der Waals surface area contributed by atoms with Gasteiger partial charge < -0.3 is 14.5 Å². The van der Waals surface area contributed by atoms with Crippen LogP contribution in [-0.4, -0.2) is 17.0 Å². The predicted octanol–water partition coefficient (Wildman–Crippen LogP) is 3.54. The van der Waals surface area contributed by atoms with Gasteiger partial charge in [0.15, 0.2) is 6.10 Å². The standard InChI is InChI=1S/C20H19ClN2O4/c1-11-12(2)20(25)27-17-9-18(16(21)8-15(11)17)26-13(3)19(24)23-10-14-6-4-5-7-22-14/h4-9,13H,10H2,1-3H3,(H,23,24). The van der Waals surface area contributed by atoms with Gasteiger partial charge in [-0.1, -0.05) is 17.7 Å². The Labute approximate surface area is 161 Å². The number of halogens is 1. The molecule has 0 spiro atoms. The zero-order chi connectivity index (χ0) is 19.6. The summed E-state index contributed by atoms with van der Waals surface area (Å²) in [5.74, 6) is -0.0330. The molecule has 140 valence electrons. The lowest BCUT2D eigenvalue weighted by Gasteiger charge is -2.16. The fourth-order valence-electron chi connectivity index (χ4n) is 2.60. The predicted molar refractivity (Wildman–Crippen MR) is 103 cm³/mol. The van der Waals surface area contributed by atoms with Crippen LogP contribution >= 0.6 is 11.6 Å². The Morgan fingerprint density at radius 3 is 2.78 bits per heavy atom. The fraction of sp³-hybridized carbons (Fsp3) is 0.250. The van der Waals surface area contributed by atoms with E-state index >= 15 is 0 Å². The highest BCUT2D eigenvalue weighted by molar-refractivity contribution is 6.32. The molecule has 0 aliphatic carbocycles. The van der Waals surface area contributed by atoms with Gasteiger partial charge in [0.1, 0.15) is 11.3 Å². The van der Waals surface area contributed by atoms with Crippen LogP contribution < -0.4 is 15.7 Å². The molecule has 0 aliphatic rings. The molecule has 7 heteroatoms. The van der Waals surface area contributed by atoms with Crippen LogP contribution in [0.25, 0.3) is 11.0 Å². The van der Waals surface area contributed by atoms with Crippen molar-refractivity contribution in [3.63, 3.8) is 0 Å². The molecule has 0 saturated carbocycles. The lowest BCUT2D eigenvalue weighted by molar-refractivity contribution is -0.127. The van der Waals surface area contributed by atoms with Crippen molar-refractivity contribution in [1.29, 1.82) is 0 Å². The first kappa shape index (κ1) is 18.9. The van der Waals surface area contributed by atoms with Crippen molar-refractivity contribution < 1.29 is 13.9 Å². The average Bonchev–Trinajstić information content (AvgIpc) is 2.66. The van der Waals surface area contributed by atoms with Gasteiger partial charge in [-0.05, 0) is 44.5 Å². The zero-order valence-electron chi connectivity index (χ0n) is 15.2. The highest BCUT2D eigenvalue weighted by Crippen LogP contribution is 2.32. The summed E-state index contributed by atoms with van der Waals surface area (Å²) in [5.41, 5.74) is 2.04. The minimum Gasteiger partial charge on any atom is -0.479 e. The second-order valence-electron chi connectivity index (χ2n) is 6.22. The third-order valence-electron chi connectivity index (χ3n) is 4.35. The van der Waals surface area contributed by atoms with Gasteiger partial charge in [0, 0.05) is 23.2 Å². The van der Waals surface area contributed by atoms with Crippen molar-refractivity contribution in [3.05, 3.63) is 68.8 Å². The number of carbonyl (C=O) groups excluding carboxylic acids is 1. The topological polar surface area (TPSA) is 81.4 Å². The molecule has 0 aliphatic heterocycles. The van der Waals surface area contributed by atoms with Gasteiger partial charge in [-0.3, -0.25) is 9.78 Å². The van der Waals surface area contributed by atoms with Gasteiger partial charge >= 0.3 is 5.63 Å². The maximum absolute atomic E-state index is 12.3. The number of aromatic nitrogens is 1. The van der Waals surface area contributed by atoms with E-state index in [0.29, 0.717) is 22.7 Å². The molecule has 0 radical (unpaired) electrons. The molecule has 3 aromatic rings. The number of carbonyl (C=O) groups is 1. The number of benzene rings is 1. The molecule has 2 aromatic heterocycles. The number of rotatable bonds is 5. The number of fused-ring (bicyclic) bond motifs is 1. The van der Waals surface area contributed by atoms with Crippen molar-refractivity contribution in [1.82, 2.24) is 10.3 Å². The summed E-state index contributed by atoms with van der Waals surface area (Å²) in [6, 6.07) is 8.68. The number of ether oxygens (including phenoxy) is 1. The fourth-order valence-corrected chi connectivity index (χ4v) is 2.81. The van der Waals surface area contributed by atoms with E-state index in [2.05, 4.69) is 10.3 Å². The number of nitrogens with one attached hydrogen (secondary N) is 1. The van der Waals surface area contributed by atoms with Crippen LogP contribution in [0.4, 0.5) is 0 Å². The molecule has 1 amide bonds. The van der Waals surface area contributed by atoms with Gasteiger partial charge in [0.05, 0.1) is 17.3 Å². The zero-order valence-corrected chi connectivity index (χ0v) is 16.0. The number of hydrogen-bond donors (Lipinski definition) is 1. The molecular formula is C20H19ClN2O4. The highest BCUT2D eigenvalue weighted by atomic mass is 35.5. The molecular weight excluding hydrogens is 368 g/mol. The van der Waals surface area contributed by atoms with Gasteiger partial charge in [0.2, 0.25) is 0 Å². The molecule has 0 fully saturated rings. The summed E-state index contributed by atoms with van der Waals surface area (Å²) in [6.45, 7) is 5.45. The van der Waals surface area contributed by atoms with E-state index in [9.17, 15) is 9.59 Å². The molecule has 3 rings (SSSR count). The number of hydrogen-bond acceptors (Lipinski definition) is 5. The third-order valence-corrected chi connectivity index (χ3v) is 4.65. The maximum atomic E-state index is 12.3. The maximum Gasteiger partial charge on any atom is 0.339 e. The second-order valence-corrected chi connectivity index (χ2v) is 6.62. The van der Waals surface area contributed by atoms with Crippen LogP contribution in [-0.2, 0) is 11.3 Å². The number of pyridine rings is 1. The lowest BCUT2D eigenvalue weighted by Crippen LogP contribution is -2.36. The molecule has 6 nitrogen and oxygen atoms in total. The second kappa shape index (κ2) is 7.80. The largest absolute Gasteiger partial charge is 0.479 e. The quantitative estimate of drug-likeness (QED) is 0.678. The summed E-state index contributed by atoms with van der Waals surface area (Å²) in [5, 5.41) is 3.83. The van der Waals surface area contributed by atoms with E-state index in [-0.39, 0.29) is 11.7 Å². The first-order valence-electron chi connectivity index (χ1n) is 8.44. The Hall–Kier alpha value is -2.86. The lowest BCUT2D eigenvalue weighted by atomic mass is 10.1. The normalized spacial score (nSPS) is 12.0. The summed E-state index contributed by atoms with van der Waals surface area (Å²) >= 11 is 6.30. The van der Waals surface area contributed by atoms with E-state index in [4.69, 9.17) is 20.8 Å². The van der Waals surface area contributed by atoms with Crippen molar-refractivity contribution in [3.8, 4) is 5.75 Å². The number of amides is 1. The Kier molecular flexibility index (Phi) is 5.46. The number of nitrogens with zero attached hydrogens (tertiary/aromatic N) is 1. The van der Waals surface area contributed by atoms with Crippen LogP contribution in [0, 0.1) is 13.8 Å². The van der Waals surface area contributed by atoms with Crippen LogP contribution in [0.1, 0.15) is 23.7 Å². The summed E-state index contributed by atoms with van der Waals surface area (Å²) in [6.07, 6.45) is 0.871. The smallest absolute Gasteiger partial charge is 0.339 e. The SMILES string of the molecule is Cc1c(C)c2cc(Cl)c(OC(C)C(=O)NCc3ccccn3)cc2oc1=O. The van der Waals surface area contributed by atoms with E-state index in [1.54, 1.807) is 32.2 Å². The van der Waals surface area contributed by atoms with Crippen LogP contribution in [0.2, 0.25) is 5.02 Å². The van der Waals surface area contributed by atoms with E-state index in [1.165, 1.54) is 6.07 Å². The summed E-state index contributed by atoms with van der Waals surface area (Å²) in [7, 11) is 0. The Balaban J connectivity index is 1.77. The molecule has 1 atom stereocenters. The molecule has 27 heavy (non-hydrogen) atoms. The Morgan fingerprint density at radius 2 is 2.07 bits per heavy atom. The van der Waals surface area contributed by atoms with Crippen LogP contribution in [0.5, 0.6) is 5.75 Å². The monoisotopic (exact) mass is 386 g/mol. The average molecular weight is 387 g/mol. The Morgan fingerprint density at radius 1 is 1.30 bits per heavy atom. The van der Waals surface area contributed by atoms with Crippen molar-refractivity contribution in [2.75, 3.05) is 0 Å². The molecule has 1 N–H and O–H groups in total. The van der Waals surface area contributed by atoms with Gasteiger partial charge in [-0.25, -0.2) is 4.79 Å². The Bertz CT molecular complexity index is 1050. The van der Waals surface area contributed by atoms with Crippen LogP contribution in [0.3, 0.4) is 0 Å². The molecule has 1 aromatic carbocycles. The van der Waals surface area contributed by atoms with Crippen molar-refractivity contribution in [2.45, 2.75) is 33.4 Å². The van der Waals surface area contributed by atoms with Gasteiger partial charge in [0.25, 0.3) is 5.91 Å². The van der Waals surface area contributed by atoms with E-state index in [1.807, 2.05) is 19.1 Å². The molecule has 0 bridgehead atoms. The van der Waals surface area contributed by atoms with E-state index in [0.717, 1.165) is 16.6 Å². The molecule has 0 saturated heterocycles. The van der Waals surface area contributed by atoms with E-state index < -0.39 is 11.7 Å². The van der Waals surface area contributed by atoms with Gasteiger partial charge in [-0.2, -0.15) is 0 Å². The molecule has 1 unspecified atom stereocenters. The van der Waals surface area contributed by atoms with Crippen LogP contribution in [0.15, 0.2) is 45.7 Å². The summed E-state index contributed by atoms with van der Waals surface area (Å²) < 4.78 is 11.0. The summed E-state index contributed by atoms with van der Waals surface area (Å²) in [4.78, 5) is 28.3. The highest BCUT2D eigenvalue weighted by Gasteiger charge is 2.18. The number of aryl methyl sites for hydroxylation is 1. The minimum absolute atomic E-state index is 0.274. The molecule has 2 heterocycles. The minimum atomic E-state index is -0.790. The first-order valence-corrected chi connectivity index (χ1v) is 8.82. The van der Waals surface area contributed by atoms with Gasteiger partial charge in [-0.15, -0.1) is 0 Å². The van der Waals surface area contributed by atoms with Crippen molar-refractivity contribution >= 4 is 28.5 Å².